The van der Waals surface area contributed by atoms with Crippen LogP contribution in [0.25, 0.3) is 0 Å². The molecule has 1 aromatic rings. The lowest BCUT2D eigenvalue weighted by atomic mass is 9.86. The van der Waals surface area contributed by atoms with Crippen molar-refractivity contribution in [2.24, 2.45) is 11.8 Å². The zero-order chi connectivity index (χ0) is 25.7. The summed E-state index contributed by atoms with van der Waals surface area (Å²) in [4.78, 5) is 25.3. The molecule has 2 rings (SSSR count). The third kappa shape index (κ3) is 7.66. The number of methoxy groups -OCH3 is 1. The van der Waals surface area contributed by atoms with Gasteiger partial charge in [-0.3, -0.25) is 4.79 Å². The molecule has 0 amide bonds. The summed E-state index contributed by atoms with van der Waals surface area (Å²) in [6.07, 6.45) is 12.9. The Kier molecular flexibility index (Phi) is 11.5. The fourth-order valence-corrected chi connectivity index (χ4v) is 4.53. The molecule has 2 N–H and O–H groups in total. The van der Waals surface area contributed by atoms with Crippen molar-refractivity contribution in [1.82, 2.24) is 0 Å². The molecular formula is C29H40O6. The Balaban J connectivity index is 2.32. The van der Waals surface area contributed by atoms with E-state index in [1.165, 1.54) is 7.11 Å². The molecule has 0 heterocycles. The highest BCUT2D eigenvalue weighted by atomic mass is 16.6. The molecule has 1 unspecified atom stereocenters. The average molecular weight is 485 g/mol. The first-order valence-electron chi connectivity index (χ1n) is 12.7. The highest BCUT2D eigenvalue weighted by Gasteiger charge is 2.58. The van der Waals surface area contributed by atoms with Gasteiger partial charge in [0, 0.05) is 24.8 Å². The monoisotopic (exact) mass is 484 g/mol. The normalized spacial score (nSPS) is 19.7. The molecule has 1 aromatic carbocycles. The van der Waals surface area contributed by atoms with E-state index in [9.17, 15) is 19.8 Å². The first-order chi connectivity index (χ1) is 16.8. The number of hydrogen-bond donors (Lipinski definition) is 2. The van der Waals surface area contributed by atoms with Crippen LogP contribution in [0.3, 0.4) is 0 Å². The van der Waals surface area contributed by atoms with E-state index in [1.54, 1.807) is 36.4 Å². The van der Waals surface area contributed by atoms with Crippen LogP contribution in [0.2, 0.25) is 0 Å². The fraction of sp³-hybridized carbons (Fsp3) is 0.552. The fourth-order valence-electron chi connectivity index (χ4n) is 4.53. The number of ketones is 1. The highest BCUT2D eigenvalue weighted by molar-refractivity contribution is 5.84. The first kappa shape index (κ1) is 28.6. The van der Waals surface area contributed by atoms with Crippen molar-refractivity contribution >= 4 is 11.8 Å². The van der Waals surface area contributed by atoms with Crippen molar-refractivity contribution in [3.63, 3.8) is 0 Å². The van der Waals surface area contributed by atoms with Crippen LogP contribution in [-0.4, -0.2) is 40.5 Å². The molecule has 35 heavy (non-hydrogen) atoms. The number of carbonyl (C=O) groups is 2. The molecule has 6 nitrogen and oxygen atoms in total. The molecule has 1 aliphatic carbocycles. The molecule has 0 saturated heterocycles. The van der Waals surface area contributed by atoms with Crippen LogP contribution in [-0.2, 0) is 14.3 Å². The number of esters is 1. The largest absolute Gasteiger partial charge is 0.469 e. The second kappa shape index (κ2) is 14.0. The Morgan fingerprint density at radius 2 is 1.91 bits per heavy atom. The van der Waals surface area contributed by atoms with Gasteiger partial charge in [-0.2, -0.15) is 0 Å². The molecule has 1 aliphatic rings. The zero-order valence-electron chi connectivity index (χ0n) is 21.2. The van der Waals surface area contributed by atoms with Crippen molar-refractivity contribution in [1.29, 1.82) is 0 Å². The molecule has 0 bridgehead atoms. The topological polar surface area (TPSA) is 93.1 Å². The lowest BCUT2D eigenvalue weighted by Crippen LogP contribution is -2.62. The van der Waals surface area contributed by atoms with Crippen molar-refractivity contribution in [2.75, 3.05) is 7.11 Å². The highest BCUT2D eigenvalue weighted by Crippen LogP contribution is 2.35. The maximum absolute atomic E-state index is 13.0. The molecule has 0 spiro atoms. The molecule has 0 aromatic heterocycles. The predicted octanol–water partition coefficient (Wildman–Crippen LogP) is 5.29. The summed E-state index contributed by atoms with van der Waals surface area (Å²) < 4.78 is 11.0. The third-order valence-corrected chi connectivity index (χ3v) is 6.57. The minimum Gasteiger partial charge on any atom is -0.469 e. The molecule has 3 atom stereocenters. The van der Waals surface area contributed by atoms with Gasteiger partial charge in [-0.25, -0.2) is 4.79 Å². The molecule has 192 valence electrons. The van der Waals surface area contributed by atoms with Crippen molar-refractivity contribution < 1.29 is 29.3 Å². The van der Waals surface area contributed by atoms with E-state index in [0.29, 0.717) is 25.0 Å². The van der Waals surface area contributed by atoms with E-state index in [2.05, 4.69) is 31.7 Å². The lowest BCUT2D eigenvalue weighted by molar-refractivity contribution is -0.241. The van der Waals surface area contributed by atoms with Crippen LogP contribution >= 0.6 is 0 Å². The lowest BCUT2D eigenvalue weighted by Gasteiger charge is -2.39. The molecule has 0 aliphatic heterocycles. The maximum atomic E-state index is 13.0. The SMILES string of the molecule is CC/C=C/[C@H]1CCC(=O)[C@@H]1CC=C=CC([16OH])([16OH])C(CCCCCC)(Oc1ccccc1)C(=O)OC. The van der Waals surface area contributed by atoms with E-state index in [4.69, 9.17) is 9.47 Å². The number of ether oxygens (including phenoxy) is 2. The van der Waals surface area contributed by atoms with Crippen LogP contribution in [0.5, 0.6) is 5.75 Å². The Morgan fingerprint density at radius 1 is 1.17 bits per heavy atom. The smallest absolute Gasteiger partial charge is 0.356 e. The molecule has 1 saturated carbocycles. The van der Waals surface area contributed by atoms with Crippen molar-refractivity contribution in [3.8, 4) is 5.75 Å². The van der Waals surface area contributed by atoms with E-state index in [0.717, 1.165) is 38.2 Å². The molecule has 1 fully saturated rings. The van der Waals surface area contributed by atoms with Crippen LogP contribution in [0.15, 0.2) is 60.4 Å². The first-order valence-corrected chi connectivity index (χ1v) is 12.7. The average Bonchev–Trinajstić information content (AvgIpc) is 3.21. The second-order valence-electron chi connectivity index (χ2n) is 9.13. The number of para-hydroxylation sites is 1. The quantitative estimate of drug-likeness (QED) is 0.123. The van der Waals surface area contributed by atoms with Gasteiger partial charge in [0.05, 0.1) is 7.11 Å². The number of carbonyl (C=O) groups excluding carboxylic acids is 2. The van der Waals surface area contributed by atoms with Crippen LogP contribution in [0.1, 0.15) is 71.6 Å². The number of rotatable bonds is 14. The van der Waals surface area contributed by atoms with E-state index >= 15 is 0 Å². The number of allylic oxidation sites excluding steroid dienone is 2. The van der Waals surface area contributed by atoms with Crippen LogP contribution in [0, 0.1) is 11.8 Å². The molecule has 6 heteroatoms. The summed E-state index contributed by atoms with van der Waals surface area (Å²) in [5, 5.41) is 22.3. The van der Waals surface area contributed by atoms with E-state index < -0.39 is 17.4 Å². The van der Waals surface area contributed by atoms with E-state index in [1.807, 2.05) is 0 Å². The Morgan fingerprint density at radius 3 is 2.57 bits per heavy atom. The minimum absolute atomic E-state index is 0.0464. The number of benzene rings is 1. The van der Waals surface area contributed by atoms with E-state index in [-0.39, 0.29) is 24.0 Å². The minimum atomic E-state index is -2.69. The number of unbranched alkanes of at least 4 members (excludes halogenated alkanes) is 3. The van der Waals surface area contributed by atoms with Gasteiger partial charge in [0.2, 0.25) is 5.79 Å². The van der Waals surface area contributed by atoms with Gasteiger partial charge in [0.15, 0.2) is 0 Å². The van der Waals surface area contributed by atoms with Gasteiger partial charge >= 0.3 is 5.97 Å². The predicted molar refractivity (Wildman–Crippen MR) is 136 cm³/mol. The van der Waals surface area contributed by atoms with Gasteiger partial charge < -0.3 is 19.7 Å². The van der Waals surface area contributed by atoms with Crippen molar-refractivity contribution in [2.45, 2.75) is 83.0 Å². The summed E-state index contributed by atoms with van der Waals surface area (Å²) in [5.74, 6) is -3.01. The summed E-state index contributed by atoms with van der Waals surface area (Å²) in [6.45, 7) is 4.13. The number of Topliss-reactive ketones (excluding diaryl/α,β-unsaturated/α-hetero) is 1. The van der Waals surface area contributed by atoms with Gasteiger partial charge in [-0.15, -0.1) is 5.73 Å². The molecular weight excluding hydrogens is 444 g/mol. The summed E-state index contributed by atoms with van der Waals surface area (Å²) in [6, 6.07) is 8.57. The van der Waals surface area contributed by atoms with Gasteiger partial charge in [0.25, 0.3) is 5.60 Å². The zero-order valence-corrected chi connectivity index (χ0v) is 21.2. The third-order valence-electron chi connectivity index (χ3n) is 6.57. The number of aliphatic hydroxyl groups is 2. The Bertz CT molecular complexity index is 897. The summed E-state index contributed by atoms with van der Waals surface area (Å²) >= 11 is 0. The Labute approximate surface area is 209 Å². The van der Waals surface area contributed by atoms with Gasteiger partial charge in [0.1, 0.15) is 11.5 Å². The van der Waals surface area contributed by atoms with Crippen LogP contribution in [0.4, 0.5) is 0 Å². The summed E-state index contributed by atoms with van der Waals surface area (Å²) in [5.41, 5.74) is 0.731. The number of hydrogen-bond acceptors (Lipinski definition) is 6. The Hall–Kier alpha value is -2.66. The second-order valence-corrected chi connectivity index (χ2v) is 9.13. The van der Waals surface area contributed by atoms with Crippen molar-refractivity contribution in [3.05, 3.63) is 60.4 Å². The van der Waals surface area contributed by atoms with Gasteiger partial charge in [-0.05, 0) is 49.8 Å². The maximum Gasteiger partial charge on any atom is 0.356 e. The summed E-state index contributed by atoms with van der Waals surface area (Å²) in [7, 11) is 1.20. The standard InChI is InChI=1S/C29H40O6/c1-4-6-8-13-21-28(27(31)34-3,35-24-16-10-9-11-17-24)29(32,33)22-14-12-18-25-23(15-7-5-2)19-20-26(25)30/h7,9-12,15-17,22-23,25,32-33H,4-6,8,13,18-21H2,1-3H3/b15-7+/t14?,23-,25+,28?/m0/s1/i32+0,33+0. The van der Waals surface area contributed by atoms with Crippen LogP contribution < -0.4 is 4.74 Å². The molecule has 0 radical (unpaired) electrons. The van der Waals surface area contributed by atoms with Gasteiger partial charge in [-0.1, -0.05) is 63.5 Å².